The van der Waals surface area contributed by atoms with Gasteiger partial charge in [0.1, 0.15) is 11.4 Å². The number of rotatable bonds is 7. The number of nitrogens with zero attached hydrogens (tertiary/aromatic N) is 1. The molecule has 1 heterocycles. The standard InChI is InChI=1S/C26H23ClN2O3/c1-3-14-32-21-11-7-10-20(16-21)28-24-23(18-8-5-4-6-9-18)25(30)29(26(24)31)22-13-12-19(27)15-17(22)2/h4-13,15-16,28H,3,14H2,1-2H3. The highest BCUT2D eigenvalue weighted by Gasteiger charge is 2.40. The first-order valence-corrected chi connectivity index (χ1v) is 10.8. The second-order valence-corrected chi connectivity index (χ2v) is 7.93. The smallest absolute Gasteiger partial charge is 0.282 e. The summed E-state index contributed by atoms with van der Waals surface area (Å²) in [6.45, 7) is 4.46. The van der Waals surface area contributed by atoms with E-state index >= 15 is 0 Å². The van der Waals surface area contributed by atoms with Crippen molar-refractivity contribution >= 4 is 40.4 Å². The van der Waals surface area contributed by atoms with Crippen LogP contribution in [0.5, 0.6) is 5.75 Å². The van der Waals surface area contributed by atoms with Crippen LogP contribution in [0.15, 0.2) is 78.5 Å². The van der Waals surface area contributed by atoms with E-state index in [-0.39, 0.29) is 11.6 Å². The summed E-state index contributed by atoms with van der Waals surface area (Å²) in [7, 11) is 0. The molecule has 0 saturated carbocycles. The van der Waals surface area contributed by atoms with E-state index in [0.29, 0.717) is 39.9 Å². The molecule has 3 aromatic rings. The number of hydrogen-bond donors (Lipinski definition) is 1. The summed E-state index contributed by atoms with van der Waals surface area (Å²) in [6.07, 6.45) is 0.892. The molecule has 3 aromatic carbocycles. The van der Waals surface area contributed by atoms with E-state index in [1.165, 1.54) is 4.90 Å². The van der Waals surface area contributed by atoms with Gasteiger partial charge in [-0.15, -0.1) is 0 Å². The van der Waals surface area contributed by atoms with Gasteiger partial charge in [0.05, 0.1) is 17.9 Å². The van der Waals surface area contributed by atoms with Crippen molar-refractivity contribution in [3.8, 4) is 5.75 Å². The van der Waals surface area contributed by atoms with E-state index < -0.39 is 5.91 Å². The SMILES string of the molecule is CCCOc1cccc(NC2=C(c3ccccc3)C(=O)N(c3ccc(Cl)cc3C)C2=O)c1. The van der Waals surface area contributed by atoms with Gasteiger partial charge in [0, 0.05) is 16.8 Å². The Hall–Kier alpha value is -3.57. The minimum absolute atomic E-state index is 0.225. The van der Waals surface area contributed by atoms with E-state index in [1.807, 2.05) is 68.4 Å². The number of benzene rings is 3. The topological polar surface area (TPSA) is 58.6 Å². The third-order valence-electron chi connectivity index (χ3n) is 5.12. The third-order valence-corrected chi connectivity index (χ3v) is 5.36. The van der Waals surface area contributed by atoms with Crippen molar-refractivity contribution in [2.45, 2.75) is 20.3 Å². The van der Waals surface area contributed by atoms with Gasteiger partial charge in [0.25, 0.3) is 11.8 Å². The Labute approximate surface area is 192 Å². The van der Waals surface area contributed by atoms with Crippen molar-refractivity contribution in [3.05, 3.63) is 94.6 Å². The van der Waals surface area contributed by atoms with Gasteiger partial charge in [0.2, 0.25) is 0 Å². The summed E-state index contributed by atoms with van der Waals surface area (Å²) in [4.78, 5) is 28.2. The molecule has 0 aromatic heterocycles. The van der Waals surface area contributed by atoms with Crippen molar-refractivity contribution in [3.63, 3.8) is 0 Å². The number of hydrogen-bond acceptors (Lipinski definition) is 4. The fourth-order valence-corrected chi connectivity index (χ4v) is 3.86. The molecule has 0 saturated heterocycles. The van der Waals surface area contributed by atoms with Crippen LogP contribution in [-0.4, -0.2) is 18.4 Å². The molecular formula is C26H23ClN2O3. The minimum Gasteiger partial charge on any atom is -0.494 e. The van der Waals surface area contributed by atoms with E-state index in [4.69, 9.17) is 16.3 Å². The molecule has 0 unspecified atom stereocenters. The van der Waals surface area contributed by atoms with Gasteiger partial charge in [0.15, 0.2) is 0 Å². The van der Waals surface area contributed by atoms with Crippen molar-refractivity contribution < 1.29 is 14.3 Å². The fourth-order valence-electron chi connectivity index (χ4n) is 3.63. The van der Waals surface area contributed by atoms with Crippen LogP contribution < -0.4 is 15.0 Å². The third kappa shape index (κ3) is 4.25. The maximum atomic E-state index is 13.5. The molecule has 4 rings (SSSR count). The van der Waals surface area contributed by atoms with Crippen LogP contribution in [0.3, 0.4) is 0 Å². The summed E-state index contributed by atoms with van der Waals surface area (Å²) in [5.41, 5.74) is 3.13. The van der Waals surface area contributed by atoms with Gasteiger partial charge in [-0.3, -0.25) is 9.59 Å². The van der Waals surface area contributed by atoms with Crippen LogP contribution in [-0.2, 0) is 9.59 Å². The largest absolute Gasteiger partial charge is 0.494 e. The zero-order valence-corrected chi connectivity index (χ0v) is 18.6. The molecule has 1 aliphatic rings. The summed E-state index contributed by atoms with van der Waals surface area (Å²) >= 11 is 6.08. The predicted molar refractivity (Wildman–Crippen MR) is 128 cm³/mol. The molecule has 6 heteroatoms. The zero-order valence-electron chi connectivity index (χ0n) is 17.9. The lowest BCUT2D eigenvalue weighted by Crippen LogP contribution is -2.33. The average molecular weight is 447 g/mol. The molecule has 1 aliphatic heterocycles. The van der Waals surface area contributed by atoms with Crippen LogP contribution >= 0.6 is 11.6 Å². The van der Waals surface area contributed by atoms with Gasteiger partial charge in [-0.05, 0) is 54.8 Å². The van der Waals surface area contributed by atoms with Crippen molar-refractivity contribution in [1.82, 2.24) is 0 Å². The number of anilines is 2. The lowest BCUT2D eigenvalue weighted by molar-refractivity contribution is -0.120. The molecule has 0 radical (unpaired) electrons. The number of carbonyl (C=O) groups is 2. The molecule has 1 N–H and O–H groups in total. The number of nitrogens with one attached hydrogen (secondary N) is 1. The quantitative estimate of drug-likeness (QED) is 0.463. The van der Waals surface area contributed by atoms with Crippen LogP contribution in [0, 0.1) is 6.92 Å². The second-order valence-electron chi connectivity index (χ2n) is 7.49. The first-order chi connectivity index (χ1) is 15.5. The van der Waals surface area contributed by atoms with Gasteiger partial charge in [-0.25, -0.2) is 4.90 Å². The molecule has 162 valence electrons. The Balaban J connectivity index is 1.77. The highest BCUT2D eigenvalue weighted by molar-refractivity contribution is 6.46. The van der Waals surface area contributed by atoms with Gasteiger partial charge >= 0.3 is 0 Å². The minimum atomic E-state index is -0.417. The van der Waals surface area contributed by atoms with Crippen LogP contribution in [0.1, 0.15) is 24.5 Å². The molecule has 0 fully saturated rings. The Kier molecular flexibility index (Phi) is 6.28. The summed E-state index contributed by atoms with van der Waals surface area (Å²) in [6, 6.07) is 21.7. The van der Waals surface area contributed by atoms with Gasteiger partial charge in [-0.2, -0.15) is 0 Å². The summed E-state index contributed by atoms with van der Waals surface area (Å²) < 4.78 is 5.71. The van der Waals surface area contributed by atoms with Crippen LogP contribution in [0.4, 0.5) is 11.4 Å². The Morgan fingerprint density at radius 2 is 1.72 bits per heavy atom. The molecule has 0 bridgehead atoms. The summed E-state index contributed by atoms with van der Waals surface area (Å²) in [5.74, 6) is -0.104. The molecule has 5 nitrogen and oxygen atoms in total. The second kappa shape index (κ2) is 9.28. The molecule has 32 heavy (non-hydrogen) atoms. The predicted octanol–water partition coefficient (Wildman–Crippen LogP) is 5.83. The number of aryl methyl sites for hydroxylation is 1. The maximum absolute atomic E-state index is 13.5. The fraction of sp³-hybridized carbons (Fsp3) is 0.154. The van der Waals surface area contributed by atoms with Gasteiger partial charge in [-0.1, -0.05) is 54.9 Å². The van der Waals surface area contributed by atoms with Crippen molar-refractivity contribution in [2.24, 2.45) is 0 Å². The van der Waals surface area contributed by atoms with Crippen molar-refractivity contribution in [2.75, 3.05) is 16.8 Å². The number of halogens is 1. The molecule has 0 atom stereocenters. The number of carbonyl (C=O) groups excluding carboxylic acids is 2. The normalized spacial score (nSPS) is 13.7. The monoisotopic (exact) mass is 446 g/mol. The first-order valence-electron chi connectivity index (χ1n) is 10.4. The lowest BCUT2D eigenvalue weighted by atomic mass is 10.0. The average Bonchev–Trinajstić information content (AvgIpc) is 3.03. The van der Waals surface area contributed by atoms with E-state index in [9.17, 15) is 9.59 Å². The van der Waals surface area contributed by atoms with E-state index in [2.05, 4.69) is 5.32 Å². The summed E-state index contributed by atoms with van der Waals surface area (Å²) in [5, 5.41) is 3.72. The highest BCUT2D eigenvalue weighted by Crippen LogP contribution is 2.36. The zero-order chi connectivity index (χ0) is 22.7. The van der Waals surface area contributed by atoms with E-state index in [0.717, 1.165) is 12.0 Å². The molecule has 0 spiro atoms. The molecule has 0 aliphatic carbocycles. The van der Waals surface area contributed by atoms with Crippen LogP contribution in [0.25, 0.3) is 5.57 Å². The van der Waals surface area contributed by atoms with E-state index in [1.54, 1.807) is 18.2 Å². The maximum Gasteiger partial charge on any atom is 0.282 e. The van der Waals surface area contributed by atoms with Gasteiger partial charge < -0.3 is 10.1 Å². The Morgan fingerprint density at radius 3 is 2.44 bits per heavy atom. The Bertz CT molecular complexity index is 1200. The Morgan fingerprint density at radius 1 is 0.938 bits per heavy atom. The molecular weight excluding hydrogens is 424 g/mol. The highest BCUT2D eigenvalue weighted by atomic mass is 35.5. The molecule has 2 amide bonds. The van der Waals surface area contributed by atoms with Crippen molar-refractivity contribution in [1.29, 1.82) is 0 Å². The number of amides is 2. The lowest BCUT2D eigenvalue weighted by Gasteiger charge is -2.18. The number of ether oxygens (including phenoxy) is 1. The first kappa shape index (κ1) is 21.7. The number of imide groups is 1. The van der Waals surface area contributed by atoms with Crippen LogP contribution in [0.2, 0.25) is 5.02 Å².